The number of nitrogens with one attached hydrogen (secondary N) is 1. The van der Waals surface area contributed by atoms with Crippen molar-refractivity contribution >= 4 is 34.4 Å². The summed E-state index contributed by atoms with van der Waals surface area (Å²) in [5, 5.41) is 17.6. The Bertz CT molecular complexity index is 1530. The zero-order chi connectivity index (χ0) is 26.4. The van der Waals surface area contributed by atoms with Gasteiger partial charge in [0.15, 0.2) is 5.69 Å². The molecule has 0 saturated heterocycles. The van der Waals surface area contributed by atoms with E-state index in [9.17, 15) is 19.1 Å². The summed E-state index contributed by atoms with van der Waals surface area (Å²) in [4.78, 5) is 30.5. The van der Waals surface area contributed by atoms with Crippen LogP contribution in [0.15, 0.2) is 37.3 Å². The quantitative estimate of drug-likeness (QED) is 0.349. The summed E-state index contributed by atoms with van der Waals surface area (Å²) < 4.78 is 18.3. The number of anilines is 1. The van der Waals surface area contributed by atoms with Crippen LogP contribution in [0.4, 0.5) is 10.2 Å². The Morgan fingerprint density at radius 3 is 2.73 bits per heavy atom. The van der Waals surface area contributed by atoms with Gasteiger partial charge in [-0.05, 0) is 37.8 Å². The van der Waals surface area contributed by atoms with Crippen molar-refractivity contribution in [2.24, 2.45) is 5.73 Å². The second-order valence-electron chi connectivity index (χ2n) is 9.13. The van der Waals surface area contributed by atoms with Crippen LogP contribution in [0.25, 0.3) is 16.7 Å². The maximum absolute atomic E-state index is 14.9. The molecule has 0 unspecified atom stereocenters. The Balaban J connectivity index is 1.56. The highest BCUT2D eigenvalue weighted by atomic mass is 19.1. The average Bonchev–Trinajstić information content (AvgIpc) is 3.31. The highest BCUT2D eigenvalue weighted by molar-refractivity contribution is 6.00. The molecule has 1 aromatic carbocycles. The average molecular weight is 504 g/mol. The van der Waals surface area contributed by atoms with Gasteiger partial charge in [0.05, 0.1) is 40.8 Å². The zero-order valence-electron chi connectivity index (χ0n) is 20.4. The van der Waals surface area contributed by atoms with Gasteiger partial charge in [-0.1, -0.05) is 12.5 Å². The number of aliphatic hydroxyl groups excluding tert-OH is 1. The van der Waals surface area contributed by atoms with Crippen LogP contribution in [0.1, 0.15) is 53.8 Å². The van der Waals surface area contributed by atoms with E-state index < -0.39 is 23.9 Å². The van der Waals surface area contributed by atoms with Crippen LogP contribution in [0, 0.1) is 17.7 Å². The highest BCUT2D eigenvalue weighted by Crippen LogP contribution is 2.37. The number of carbonyl (C=O) groups excluding carboxylic acids is 2. The monoisotopic (exact) mass is 503 g/mol. The summed E-state index contributed by atoms with van der Waals surface area (Å²) in [6, 6.07) is 2.81. The van der Waals surface area contributed by atoms with Gasteiger partial charge in [-0.15, -0.1) is 0 Å². The summed E-state index contributed by atoms with van der Waals surface area (Å²) >= 11 is 0. The third-order valence-corrected chi connectivity index (χ3v) is 6.61. The fourth-order valence-electron chi connectivity index (χ4n) is 4.59. The van der Waals surface area contributed by atoms with Crippen molar-refractivity contribution in [1.82, 2.24) is 24.2 Å². The van der Waals surface area contributed by atoms with Crippen LogP contribution in [-0.4, -0.2) is 60.3 Å². The number of benzene rings is 1. The molecule has 4 N–H and O–H groups in total. The lowest BCUT2D eigenvalue weighted by Gasteiger charge is -2.24. The number of imidazole rings is 1. The number of hydrogen-bond donors (Lipinski definition) is 3. The zero-order valence-corrected chi connectivity index (χ0v) is 20.4. The number of carbonyl (C=O) groups is 2. The first-order chi connectivity index (χ1) is 17.7. The number of nitrogens with two attached hydrogens (primary N) is 1. The highest BCUT2D eigenvalue weighted by Gasteiger charge is 2.34. The van der Waals surface area contributed by atoms with Gasteiger partial charge in [0.25, 0.3) is 5.91 Å². The summed E-state index contributed by atoms with van der Waals surface area (Å²) in [6.07, 6.45) is 5.93. The topological polar surface area (TPSA) is 131 Å². The predicted molar refractivity (Wildman–Crippen MR) is 136 cm³/mol. The molecular formula is C26H26FN7O3. The van der Waals surface area contributed by atoms with Crippen LogP contribution >= 0.6 is 0 Å². The summed E-state index contributed by atoms with van der Waals surface area (Å²) in [6.45, 7) is 5.09. The van der Waals surface area contributed by atoms with E-state index in [1.807, 2.05) is 4.57 Å². The first-order valence-corrected chi connectivity index (χ1v) is 11.9. The number of primary amides is 1. The molecule has 2 amide bonds. The van der Waals surface area contributed by atoms with E-state index in [1.54, 1.807) is 32.6 Å². The Labute approximate surface area is 212 Å². The molecule has 37 heavy (non-hydrogen) atoms. The number of hydrogen-bond acceptors (Lipinski definition) is 6. The molecule has 190 valence electrons. The van der Waals surface area contributed by atoms with Crippen molar-refractivity contribution in [1.29, 1.82) is 0 Å². The van der Waals surface area contributed by atoms with Gasteiger partial charge < -0.3 is 25.6 Å². The molecule has 2 aliphatic rings. The molecule has 0 radical (unpaired) electrons. The smallest absolute Gasteiger partial charge is 0.255 e. The van der Waals surface area contributed by atoms with Crippen molar-refractivity contribution < 1.29 is 19.1 Å². The van der Waals surface area contributed by atoms with Gasteiger partial charge in [-0.25, -0.2) is 14.1 Å². The van der Waals surface area contributed by atoms with Crippen LogP contribution in [-0.2, 0) is 4.79 Å². The lowest BCUT2D eigenvalue weighted by molar-refractivity contribution is -0.126. The van der Waals surface area contributed by atoms with Crippen molar-refractivity contribution in [2.45, 2.75) is 44.4 Å². The van der Waals surface area contributed by atoms with Gasteiger partial charge in [0.2, 0.25) is 5.91 Å². The molecule has 1 aliphatic carbocycles. The van der Waals surface area contributed by atoms with E-state index in [0.717, 1.165) is 18.9 Å². The van der Waals surface area contributed by atoms with Crippen LogP contribution in [0.2, 0.25) is 0 Å². The van der Waals surface area contributed by atoms with Gasteiger partial charge in [0, 0.05) is 31.8 Å². The molecule has 1 aliphatic heterocycles. The molecule has 11 heteroatoms. The molecule has 0 bridgehead atoms. The van der Waals surface area contributed by atoms with Gasteiger partial charge >= 0.3 is 0 Å². The number of halogens is 1. The maximum Gasteiger partial charge on any atom is 0.255 e. The molecule has 5 rings (SSSR count). The van der Waals surface area contributed by atoms with E-state index in [4.69, 9.17) is 5.73 Å². The normalized spacial score (nSPS) is 17.8. The Hall–Kier alpha value is -4.43. The van der Waals surface area contributed by atoms with Gasteiger partial charge in [-0.3, -0.25) is 9.59 Å². The standard InChI is InChI=1S/C26H26FN7O3/c1-4-23(36)32-12-17(10-21(32)14(2)35)34-26(29-3)24(25(28)37)19(31-34)8-5-15-9-20-22(11-18(15)27)33(13-30-20)16-6-7-16/h4,9,11-14,16,21,29,35H,1,6-7,10H2,2-3H3,(H2,28,37)/t14-,21+/m0/s1. The van der Waals surface area contributed by atoms with Crippen LogP contribution in [0.3, 0.4) is 0 Å². The van der Waals surface area contributed by atoms with Crippen molar-refractivity contribution in [3.63, 3.8) is 0 Å². The fourth-order valence-corrected chi connectivity index (χ4v) is 4.59. The Kier molecular flexibility index (Phi) is 6.05. The predicted octanol–water partition coefficient (Wildman–Crippen LogP) is 2.21. The lowest BCUT2D eigenvalue weighted by atomic mass is 10.1. The van der Waals surface area contributed by atoms with E-state index >= 15 is 0 Å². The SMILES string of the molecule is C=CC(=O)N1C=C(n2nc(C#Cc3cc4ncn(C5CC5)c4cc3F)c(C(N)=O)c2NC)C[C@@H]1[C@H](C)O. The molecule has 3 heterocycles. The second kappa shape index (κ2) is 9.22. The molecule has 2 aromatic heterocycles. The minimum atomic E-state index is -0.831. The molecule has 1 fully saturated rings. The van der Waals surface area contributed by atoms with Crippen molar-refractivity contribution in [2.75, 3.05) is 12.4 Å². The Morgan fingerprint density at radius 2 is 2.11 bits per heavy atom. The van der Waals surface area contributed by atoms with Crippen molar-refractivity contribution in [3.05, 3.63) is 60.0 Å². The summed E-state index contributed by atoms with van der Waals surface area (Å²) in [5.41, 5.74) is 7.71. The second-order valence-corrected chi connectivity index (χ2v) is 9.13. The molecule has 10 nitrogen and oxygen atoms in total. The molecule has 2 atom stereocenters. The fraction of sp³-hybridized carbons (Fsp3) is 0.308. The molecular weight excluding hydrogens is 477 g/mol. The van der Waals surface area contributed by atoms with E-state index in [2.05, 4.69) is 33.8 Å². The van der Waals surface area contributed by atoms with Gasteiger partial charge in [-0.2, -0.15) is 5.10 Å². The lowest BCUT2D eigenvalue weighted by Crippen LogP contribution is -2.39. The number of aliphatic hydroxyl groups is 1. The molecule has 0 spiro atoms. The largest absolute Gasteiger partial charge is 0.391 e. The number of aromatic nitrogens is 4. The minimum absolute atomic E-state index is 0.0255. The van der Waals surface area contributed by atoms with Gasteiger partial charge in [0.1, 0.15) is 17.2 Å². The minimum Gasteiger partial charge on any atom is -0.391 e. The van der Waals surface area contributed by atoms with Crippen LogP contribution < -0.4 is 11.1 Å². The molecule has 1 saturated carbocycles. The summed E-state index contributed by atoms with van der Waals surface area (Å²) in [7, 11) is 1.59. The van der Waals surface area contributed by atoms with Crippen LogP contribution in [0.5, 0.6) is 0 Å². The maximum atomic E-state index is 14.9. The number of amides is 2. The van der Waals surface area contributed by atoms with Crippen molar-refractivity contribution in [3.8, 4) is 11.8 Å². The number of nitrogens with zero attached hydrogens (tertiary/aromatic N) is 5. The number of fused-ring (bicyclic) bond motifs is 1. The van der Waals surface area contributed by atoms with E-state index in [-0.39, 0.29) is 35.0 Å². The Morgan fingerprint density at radius 1 is 1.35 bits per heavy atom. The van der Waals surface area contributed by atoms with E-state index in [1.165, 1.54) is 15.6 Å². The van der Waals surface area contributed by atoms with E-state index in [0.29, 0.717) is 22.8 Å². The first-order valence-electron chi connectivity index (χ1n) is 11.9. The summed E-state index contributed by atoms with van der Waals surface area (Å²) in [5.74, 6) is 4.15. The first kappa shape index (κ1) is 24.3. The molecule has 3 aromatic rings. The number of rotatable bonds is 6. The third-order valence-electron chi connectivity index (χ3n) is 6.61. The third kappa shape index (κ3) is 4.25.